The Morgan fingerprint density at radius 3 is 2.75 bits per heavy atom. The minimum atomic E-state index is 0.126. The average molecular weight is 162 g/mol. The molecule has 1 atom stereocenters. The number of terminal acetylenes is 1. The molecule has 1 saturated carbocycles. The Balaban J connectivity index is 2.24. The first-order chi connectivity index (χ1) is 5.72. The summed E-state index contributed by atoms with van der Waals surface area (Å²) in [6.07, 6.45) is 8.23. The minimum absolute atomic E-state index is 0.126. The van der Waals surface area contributed by atoms with E-state index in [2.05, 4.69) is 17.3 Å². The minimum Gasteiger partial charge on any atom is -0.303 e. The predicted molar refractivity (Wildman–Crippen MR) is 48.2 cm³/mol. The predicted octanol–water partition coefficient (Wildman–Crippen LogP) is 1.29. The Labute approximate surface area is 74.0 Å². The van der Waals surface area contributed by atoms with E-state index in [1.165, 1.54) is 12.8 Å². The van der Waals surface area contributed by atoms with Gasteiger partial charge in [-0.25, -0.2) is 0 Å². The fourth-order valence-corrected chi connectivity index (χ4v) is 1.19. The summed E-state index contributed by atoms with van der Waals surface area (Å²) >= 11 is 0. The quantitative estimate of drug-likeness (QED) is 0.632. The van der Waals surface area contributed by atoms with Gasteiger partial charge in [0.2, 0.25) is 0 Å². The normalized spacial score (nSPS) is 20.6. The van der Waals surface area contributed by atoms with Gasteiger partial charge in [-0.1, -0.05) is 5.92 Å². The first-order valence-electron chi connectivity index (χ1n) is 4.29. The van der Waals surface area contributed by atoms with Crippen LogP contribution in [0.2, 0.25) is 0 Å². The molecule has 1 N–H and O–H groups in total. The molecule has 0 spiro atoms. The zero-order chi connectivity index (χ0) is 9.03. The molecule has 12 heavy (non-hydrogen) atoms. The van der Waals surface area contributed by atoms with Crippen LogP contribution in [0.1, 0.15) is 26.2 Å². The van der Waals surface area contributed by atoms with E-state index in [1.54, 1.807) is 0 Å². The van der Waals surface area contributed by atoms with Crippen molar-refractivity contribution in [1.82, 2.24) is 5.32 Å². The van der Waals surface area contributed by atoms with Crippen LogP contribution in [0, 0.1) is 29.1 Å². The second kappa shape index (κ2) is 3.61. The van der Waals surface area contributed by atoms with Crippen molar-refractivity contribution in [2.45, 2.75) is 32.2 Å². The van der Waals surface area contributed by atoms with E-state index in [0.29, 0.717) is 6.42 Å². The summed E-state index contributed by atoms with van der Waals surface area (Å²) in [4.78, 5) is 0. The maximum Gasteiger partial charge on any atom is 0.0658 e. The number of nitriles is 1. The van der Waals surface area contributed by atoms with Crippen LogP contribution in [0.25, 0.3) is 0 Å². The van der Waals surface area contributed by atoms with Gasteiger partial charge in [0.15, 0.2) is 0 Å². The monoisotopic (exact) mass is 162 g/mol. The number of nitrogens with one attached hydrogen (secondary N) is 1. The van der Waals surface area contributed by atoms with Crippen LogP contribution in [0.5, 0.6) is 0 Å². The highest BCUT2D eigenvalue weighted by molar-refractivity contribution is 5.03. The fourth-order valence-electron chi connectivity index (χ4n) is 1.19. The van der Waals surface area contributed by atoms with Crippen LogP contribution in [-0.4, -0.2) is 12.6 Å². The van der Waals surface area contributed by atoms with Crippen molar-refractivity contribution in [3.8, 4) is 18.4 Å². The molecule has 0 bridgehead atoms. The van der Waals surface area contributed by atoms with Crippen molar-refractivity contribution in [2.75, 3.05) is 6.54 Å². The van der Waals surface area contributed by atoms with Crippen LogP contribution < -0.4 is 5.32 Å². The van der Waals surface area contributed by atoms with Gasteiger partial charge in [-0.05, 0) is 25.2 Å². The Morgan fingerprint density at radius 1 is 1.67 bits per heavy atom. The summed E-state index contributed by atoms with van der Waals surface area (Å²) in [5.41, 5.74) is 0.264. The molecule has 0 radical (unpaired) electrons. The SMILES string of the molecule is C#CC(C)NCC1(CC#N)CC1. The van der Waals surface area contributed by atoms with E-state index in [9.17, 15) is 0 Å². The van der Waals surface area contributed by atoms with E-state index in [4.69, 9.17) is 11.7 Å². The molecule has 1 unspecified atom stereocenters. The van der Waals surface area contributed by atoms with E-state index < -0.39 is 0 Å². The zero-order valence-corrected chi connectivity index (χ0v) is 7.43. The highest BCUT2D eigenvalue weighted by Gasteiger charge is 2.41. The molecular weight excluding hydrogens is 148 g/mol. The summed E-state index contributed by atoms with van der Waals surface area (Å²) < 4.78 is 0. The lowest BCUT2D eigenvalue weighted by Gasteiger charge is -2.13. The van der Waals surface area contributed by atoms with Gasteiger partial charge >= 0.3 is 0 Å². The zero-order valence-electron chi connectivity index (χ0n) is 7.43. The molecule has 2 heteroatoms. The fraction of sp³-hybridized carbons (Fsp3) is 0.700. The lowest BCUT2D eigenvalue weighted by molar-refractivity contribution is 0.456. The third kappa shape index (κ3) is 2.26. The van der Waals surface area contributed by atoms with Crippen LogP contribution in [0.15, 0.2) is 0 Å². The van der Waals surface area contributed by atoms with Gasteiger partial charge in [0.1, 0.15) is 0 Å². The largest absolute Gasteiger partial charge is 0.303 e. The smallest absolute Gasteiger partial charge is 0.0658 e. The van der Waals surface area contributed by atoms with Crippen molar-refractivity contribution in [3.63, 3.8) is 0 Å². The molecule has 1 aliphatic carbocycles. The molecule has 1 fully saturated rings. The molecule has 0 aromatic heterocycles. The highest BCUT2D eigenvalue weighted by atomic mass is 14.9. The second-order valence-corrected chi connectivity index (χ2v) is 3.60. The third-order valence-electron chi connectivity index (χ3n) is 2.44. The Morgan fingerprint density at radius 2 is 2.33 bits per heavy atom. The molecule has 0 saturated heterocycles. The molecule has 1 aliphatic rings. The molecule has 2 nitrogen and oxygen atoms in total. The second-order valence-electron chi connectivity index (χ2n) is 3.60. The topological polar surface area (TPSA) is 35.8 Å². The average Bonchev–Trinajstić information content (AvgIpc) is 2.82. The first-order valence-corrected chi connectivity index (χ1v) is 4.29. The summed E-state index contributed by atoms with van der Waals surface area (Å²) in [7, 11) is 0. The van der Waals surface area contributed by atoms with Crippen LogP contribution in [0.4, 0.5) is 0 Å². The molecule has 0 aromatic carbocycles. The van der Waals surface area contributed by atoms with Gasteiger partial charge in [-0.15, -0.1) is 6.42 Å². The van der Waals surface area contributed by atoms with E-state index in [1.807, 2.05) is 6.92 Å². The van der Waals surface area contributed by atoms with Crippen molar-refractivity contribution >= 4 is 0 Å². The molecule has 0 aromatic rings. The van der Waals surface area contributed by atoms with Crippen LogP contribution in [0.3, 0.4) is 0 Å². The molecule has 64 valence electrons. The van der Waals surface area contributed by atoms with E-state index >= 15 is 0 Å². The Kier molecular flexibility index (Phi) is 2.74. The van der Waals surface area contributed by atoms with Gasteiger partial charge in [0.25, 0.3) is 0 Å². The Hall–Kier alpha value is -0.990. The van der Waals surface area contributed by atoms with Crippen LogP contribution in [-0.2, 0) is 0 Å². The van der Waals surface area contributed by atoms with Crippen molar-refractivity contribution in [1.29, 1.82) is 5.26 Å². The van der Waals surface area contributed by atoms with Gasteiger partial charge in [-0.2, -0.15) is 5.26 Å². The maximum absolute atomic E-state index is 8.55. The summed E-state index contributed by atoms with van der Waals surface area (Å²) in [6.45, 7) is 2.86. The van der Waals surface area contributed by atoms with Gasteiger partial charge in [0, 0.05) is 13.0 Å². The lowest BCUT2D eigenvalue weighted by atomic mass is 10.0. The summed E-state index contributed by atoms with van der Waals surface area (Å²) in [5.74, 6) is 2.61. The summed E-state index contributed by atoms with van der Waals surface area (Å²) in [5, 5.41) is 11.8. The molecule has 0 aliphatic heterocycles. The molecular formula is C10H14N2. The Bertz CT molecular complexity index is 227. The van der Waals surface area contributed by atoms with Gasteiger partial charge < -0.3 is 5.32 Å². The first kappa shape index (κ1) is 9.10. The molecule has 0 heterocycles. The standard InChI is InChI=1S/C10H14N2/c1-3-9(2)12-8-10(4-5-10)6-7-11/h1,9,12H,4-6,8H2,2H3. The molecule has 0 amide bonds. The third-order valence-corrected chi connectivity index (χ3v) is 2.44. The highest BCUT2D eigenvalue weighted by Crippen LogP contribution is 2.47. The van der Waals surface area contributed by atoms with Crippen LogP contribution >= 0.6 is 0 Å². The van der Waals surface area contributed by atoms with Crippen molar-refractivity contribution in [3.05, 3.63) is 0 Å². The number of nitrogens with zero attached hydrogens (tertiary/aromatic N) is 1. The number of hydrogen-bond donors (Lipinski definition) is 1. The number of rotatable bonds is 4. The van der Waals surface area contributed by atoms with Gasteiger partial charge in [-0.3, -0.25) is 0 Å². The lowest BCUT2D eigenvalue weighted by Crippen LogP contribution is -2.30. The molecule has 1 rings (SSSR count). The van der Waals surface area contributed by atoms with Crippen molar-refractivity contribution < 1.29 is 0 Å². The van der Waals surface area contributed by atoms with Crippen molar-refractivity contribution in [2.24, 2.45) is 5.41 Å². The van der Waals surface area contributed by atoms with E-state index in [0.717, 1.165) is 6.54 Å². The summed E-state index contributed by atoms with van der Waals surface area (Å²) in [6, 6.07) is 2.35. The van der Waals surface area contributed by atoms with E-state index in [-0.39, 0.29) is 11.5 Å². The maximum atomic E-state index is 8.55. The van der Waals surface area contributed by atoms with Gasteiger partial charge in [0.05, 0.1) is 12.1 Å². The number of hydrogen-bond acceptors (Lipinski definition) is 2.